The van der Waals surface area contributed by atoms with E-state index in [1.165, 1.54) is 35.2 Å². The Kier molecular flexibility index (Phi) is 6.94. The van der Waals surface area contributed by atoms with E-state index in [9.17, 15) is 4.79 Å². The number of H-pyrrole nitrogens is 1. The van der Waals surface area contributed by atoms with Gasteiger partial charge in [0.05, 0.1) is 5.52 Å². The van der Waals surface area contributed by atoms with Gasteiger partial charge in [0.1, 0.15) is 5.75 Å². The second-order valence-electron chi connectivity index (χ2n) is 9.02. The minimum atomic E-state index is -0.401. The van der Waals surface area contributed by atoms with Crippen molar-refractivity contribution in [1.29, 1.82) is 0 Å². The number of hydrogen-bond acceptors (Lipinski definition) is 4. The number of rotatable bonds is 9. The maximum absolute atomic E-state index is 12.0. The van der Waals surface area contributed by atoms with E-state index in [-0.39, 0.29) is 0 Å². The minimum absolute atomic E-state index is 0.401. The Hall–Kier alpha value is -3.54. The molecule has 1 aliphatic rings. The maximum Gasteiger partial charge on any atom is 0.412 e. The standard InChI is InChI=1S/C28H32N4O2/c33-28(34-21-14-13-20-15-18-29-26(20)19-21)31-17-8-2-1-7-16-30-27-22-9-3-5-11-24(22)32-25-12-6-4-10-23(25)27/h3,5,9,11,13-15,18-19,29H,1-2,4,6-8,10,12,16-17H2,(H,30,32)(H,31,33). The highest BCUT2D eigenvalue weighted by Gasteiger charge is 2.17. The molecule has 0 atom stereocenters. The third-order valence-corrected chi connectivity index (χ3v) is 6.58. The molecule has 1 aliphatic carbocycles. The van der Waals surface area contributed by atoms with Gasteiger partial charge in [0.25, 0.3) is 0 Å². The lowest BCUT2D eigenvalue weighted by Crippen LogP contribution is -2.27. The molecule has 176 valence electrons. The Morgan fingerprint density at radius 2 is 1.82 bits per heavy atom. The van der Waals surface area contributed by atoms with Gasteiger partial charge < -0.3 is 20.4 Å². The van der Waals surface area contributed by atoms with Crippen molar-refractivity contribution in [3.8, 4) is 5.75 Å². The fraction of sp³-hybridized carbons (Fsp3) is 0.357. The molecular formula is C28H32N4O2. The van der Waals surface area contributed by atoms with E-state index in [0.717, 1.165) is 61.5 Å². The van der Waals surface area contributed by atoms with Crippen molar-refractivity contribution < 1.29 is 9.53 Å². The average molecular weight is 457 g/mol. The zero-order chi connectivity index (χ0) is 23.2. The van der Waals surface area contributed by atoms with Gasteiger partial charge in [-0.15, -0.1) is 0 Å². The fourth-order valence-electron chi connectivity index (χ4n) is 4.82. The summed E-state index contributed by atoms with van der Waals surface area (Å²) in [5.41, 5.74) is 6.04. The van der Waals surface area contributed by atoms with Crippen LogP contribution in [0.25, 0.3) is 21.8 Å². The highest BCUT2D eigenvalue weighted by Crippen LogP contribution is 2.33. The van der Waals surface area contributed by atoms with Crippen molar-refractivity contribution >= 4 is 33.6 Å². The largest absolute Gasteiger partial charge is 0.412 e. The number of amides is 1. The molecule has 34 heavy (non-hydrogen) atoms. The van der Waals surface area contributed by atoms with Gasteiger partial charge in [-0.2, -0.15) is 0 Å². The zero-order valence-electron chi connectivity index (χ0n) is 19.5. The number of benzene rings is 2. The number of ether oxygens (including phenoxy) is 1. The first kappa shape index (κ1) is 22.3. The number of carbonyl (C=O) groups excluding carboxylic acids is 1. The number of fused-ring (bicyclic) bond motifs is 3. The number of aryl methyl sites for hydroxylation is 1. The van der Waals surface area contributed by atoms with Gasteiger partial charge in [-0.05, 0) is 73.7 Å². The van der Waals surface area contributed by atoms with Crippen LogP contribution in [0.2, 0.25) is 0 Å². The van der Waals surface area contributed by atoms with Crippen molar-refractivity contribution in [2.45, 2.75) is 51.4 Å². The second kappa shape index (κ2) is 10.6. The third-order valence-electron chi connectivity index (χ3n) is 6.58. The van der Waals surface area contributed by atoms with Crippen LogP contribution < -0.4 is 15.4 Å². The number of aromatic amines is 1. The molecule has 2 aromatic heterocycles. The molecule has 0 radical (unpaired) electrons. The van der Waals surface area contributed by atoms with E-state index in [2.05, 4.69) is 39.9 Å². The Morgan fingerprint density at radius 1 is 0.971 bits per heavy atom. The number of anilines is 1. The number of unbranched alkanes of at least 4 members (excludes halogenated alkanes) is 3. The fourth-order valence-corrected chi connectivity index (χ4v) is 4.82. The predicted molar refractivity (Wildman–Crippen MR) is 138 cm³/mol. The summed E-state index contributed by atoms with van der Waals surface area (Å²) in [5, 5.41) is 8.91. The van der Waals surface area contributed by atoms with Crippen molar-refractivity contribution in [3.63, 3.8) is 0 Å². The Bertz CT molecular complexity index is 1280. The molecule has 4 aromatic rings. The molecule has 0 saturated carbocycles. The average Bonchev–Trinajstić information content (AvgIpc) is 3.33. The lowest BCUT2D eigenvalue weighted by molar-refractivity contribution is 0.200. The monoisotopic (exact) mass is 456 g/mol. The van der Waals surface area contributed by atoms with Crippen LogP contribution in [0, 0.1) is 0 Å². The van der Waals surface area contributed by atoms with E-state index >= 15 is 0 Å². The Morgan fingerprint density at radius 3 is 2.76 bits per heavy atom. The van der Waals surface area contributed by atoms with Gasteiger partial charge >= 0.3 is 6.09 Å². The summed E-state index contributed by atoms with van der Waals surface area (Å²) in [6.45, 7) is 1.58. The summed E-state index contributed by atoms with van der Waals surface area (Å²) >= 11 is 0. The third kappa shape index (κ3) is 5.16. The van der Waals surface area contributed by atoms with E-state index < -0.39 is 6.09 Å². The Balaban J connectivity index is 1.02. The van der Waals surface area contributed by atoms with E-state index in [1.54, 1.807) is 0 Å². The second-order valence-corrected chi connectivity index (χ2v) is 9.02. The van der Waals surface area contributed by atoms with Crippen molar-refractivity contribution in [1.82, 2.24) is 15.3 Å². The van der Waals surface area contributed by atoms with Crippen LogP contribution in [0.15, 0.2) is 54.7 Å². The molecule has 2 heterocycles. The van der Waals surface area contributed by atoms with Gasteiger partial charge in [-0.1, -0.05) is 31.0 Å². The summed E-state index contributed by atoms with van der Waals surface area (Å²) < 4.78 is 5.38. The first-order valence-corrected chi connectivity index (χ1v) is 12.4. The lowest BCUT2D eigenvalue weighted by atomic mass is 9.92. The molecule has 0 bridgehead atoms. The molecule has 0 fully saturated rings. The van der Waals surface area contributed by atoms with Crippen LogP contribution in [0.4, 0.5) is 10.5 Å². The van der Waals surface area contributed by atoms with Crippen molar-refractivity contribution in [3.05, 3.63) is 66.0 Å². The topological polar surface area (TPSA) is 79.0 Å². The van der Waals surface area contributed by atoms with Crippen LogP contribution in [0.3, 0.4) is 0 Å². The predicted octanol–water partition coefficient (Wildman–Crippen LogP) is 6.36. The van der Waals surface area contributed by atoms with E-state index in [4.69, 9.17) is 9.72 Å². The highest BCUT2D eigenvalue weighted by atomic mass is 16.6. The summed E-state index contributed by atoms with van der Waals surface area (Å²) in [5.74, 6) is 0.546. The number of pyridine rings is 1. The van der Waals surface area contributed by atoms with Crippen LogP contribution in [0.1, 0.15) is 49.8 Å². The maximum atomic E-state index is 12.0. The highest BCUT2D eigenvalue weighted by molar-refractivity contribution is 5.93. The molecule has 1 amide bonds. The quantitative estimate of drug-likeness (QED) is 0.256. The molecule has 6 nitrogen and oxygen atoms in total. The van der Waals surface area contributed by atoms with Gasteiger partial charge in [0.15, 0.2) is 0 Å². The molecule has 0 spiro atoms. The lowest BCUT2D eigenvalue weighted by Gasteiger charge is -2.21. The van der Waals surface area contributed by atoms with Crippen molar-refractivity contribution in [2.75, 3.05) is 18.4 Å². The van der Waals surface area contributed by atoms with Crippen molar-refractivity contribution in [2.24, 2.45) is 0 Å². The molecule has 3 N–H and O–H groups in total. The van der Waals surface area contributed by atoms with Crippen LogP contribution in [-0.2, 0) is 12.8 Å². The van der Waals surface area contributed by atoms with Crippen LogP contribution >= 0.6 is 0 Å². The van der Waals surface area contributed by atoms with E-state index in [1.807, 2.05) is 30.5 Å². The molecule has 5 rings (SSSR count). The SMILES string of the molecule is O=C(NCCCCCCNc1c2c(nc3ccccc13)CCCC2)Oc1ccc2cc[nH]c2c1. The molecule has 2 aromatic carbocycles. The van der Waals surface area contributed by atoms with E-state index in [0.29, 0.717) is 12.3 Å². The molecule has 0 aliphatic heterocycles. The van der Waals surface area contributed by atoms with Gasteiger partial charge in [0, 0.05) is 47.6 Å². The van der Waals surface area contributed by atoms with Crippen LogP contribution in [-0.4, -0.2) is 29.2 Å². The van der Waals surface area contributed by atoms with Gasteiger partial charge in [-0.25, -0.2) is 4.79 Å². The Labute approximate surface area is 200 Å². The molecule has 0 unspecified atom stereocenters. The summed E-state index contributed by atoms with van der Waals surface area (Å²) in [6, 6.07) is 16.0. The number of carbonyl (C=O) groups is 1. The first-order valence-electron chi connectivity index (χ1n) is 12.4. The number of nitrogens with one attached hydrogen (secondary N) is 3. The summed E-state index contributed by atoms with van der Waals surface area (Å²) in [7, 11) is 0. The van der Waals surface area contributed by atoms with Gasteiger partial charge in [-0.3, -0.25) is 4.98 Å². The molecule has 0 saturated heterocycles. The number of nitrogens with zero attached hydrogens (tertiary/aromatic N) is 1. The van der Waals surface area contributed by atoms with Gasteiger partial charge in [0.2, 0.25) is 0 Å². The minimum Gasteiger partial charge on any atom is -0.410 e. The number of para-hydroxylation sites is 1. The molecular weight excluding hydrogens is 424 g/mol. The summed E-state index contributed by atoms with van der Waals surface area (Å²) in [4.78, 5) is 20.1. The normalized spacial score (nSPS) is 13.1. The number of aromatic nitrogens is 2. The first-order chi connectivity index (χ1) is 16.8. The molecule has 6 heteroatoms. The smallest absolute Gasteiger partial charge is 0.410 e. The zero-order valence-corrected chi connectivity index (χ0v) is 19.5. The number of hydrogen-bond donors (Lipinski definition) is 3. The summed E-state index contributed by atoms with van der Waals surface area (Å²) in [6.07, 6.45) is 10.4. The van der Waals surface area contributed by atoms with Crippen LogP contribution in [0.5, 0.6) is 5.75 Å².